The van der Waals surface area contributed by atoms with Gasteiger partial charge in [-0.25, -0.2) is 19.3 Å². The molecule has 0 fully saturated rings. The van der Waals surface area contributed by atoms with Gasteiger partial charge in [-0.1, -0.05) is 29.4 Å². The molecule has 22 heavy (non-hydrogen) atoms. The number of benzene rings is 1. The minimum atomic E-state index is -0.589. The van der Waals surface area contributed by atoms with E-state index in [1.807, 2.05) is 13.2 Å². The Morgan fingerprint density at radius 1 is 1.32 bits per heavy atom. The number of fused-ring (bicyclic) bond motifs is 1. The van der Waals surface area contributed by atoms with Crippen molar-refractivity contribution in [3.63, 3.8) is 0 Å². The minimum Gasteiger partial charge on any atom is -0.291 e. The molecule has 0 aliphatic heterocycles. The Morgan fingerprint density at radius 3 is 2.77 bits per heavy atom. The van der Waals surface area contributed by atoms with E-state index in [0.29, 0.717) is 15.9 Å². The van der Waals surface area contributed by atoms with Crippen LogP contribution in [0.25, 0.3) is 16.7 Å². The Morgan fingerprint density at radius 2 is 2.09 bits per heavy atom. The van der Waals surface area contributed by atoms with Gasteiger partial charge in [0.05, 0.1) is 10.7 Å². The minimum absolute atomic E-state index is 0.217. The van der Waals surface area contributed by atoms with Crippen LogP contribution in [0.2, 0.25) is 5.02 Å². The summed E-state index contributed by atoms with van der Waals surface area (Å²) in [5, 5.41) is 1.04. The maximum atomic E-state index is 12.6. The monoisotopic (exact) mass is 334 g/mol. The second kappa shape index (κ2) is 5.58. The molecule has 0 spiro atoms. The van der Waals surface area contributed by atoms with Crippen LogP contribution in [0.1, 0.15) is 5.56 Å². The lowest BCUT2D eigenvalue weighted by Crippen LogP contribution is -2.34. The molecule has 0 aliphatic carbocycles. The van der Waals surface area contributed by atoms with E-state index in [1.54, 1.807) is 18.2 Å². The highest BCUT2D eigenvalue weighted by atomic mass is 35.5. The van der Waals surface area contributed by atoms with E-state index < -0.39 is 11.2 Å². The number of rotatable bonds is 2. The Hall–Kier alpha value is -2.12. The quantitative estimate of drug-likeness (QED) is 0.573. The van der Waals surface area contributed by atoms with E-state index in [4.69, 9.17) is 11.6 Å². The number of aromatic amines is 1. The van der Waals surface area contributed by atoms with E-state index in [2.05, 4.69) is 15.0 Å². The number of nitrogens with zero attached hydrogens (tertiary/aromatic N) is 3. The van der Waals surface area contributed by atoms with Crippen molar-refractivity contribution in [2.75, 3.05) is 6.26 Å². The number of aryl methyl sites for hydroxylation is 1. The fourth-order valence-corrected chi connectivity index (χ4v) is 2.76. The molecule has 112 valence electrons. The van der Waals surface area contributed by atoms with Crippen molar-refractivity contribution >= 4 is 34.4 Å². The summed E-state index contributed by atoms with van der Waals surface area (Å²) in [6.07, 6.45) is 3.22. The topological polar surface area (TPSA) is 80.6 Å². The van der Waals surface area contributed by atoms with Crippen molar-refractivity contribution in [2.24, 2.45) is 0 Å². The predicted molar refractivity (Wildman–Crippen MR) is 87.3 cm³/mol. The predicted octanol–water partition coefficient (Wildman–Crippen LogP) is 2.15. The second-order valence-corrected chi connectivity index (χ2v) is 5.83. The number of hydrogen-bond donors (Lipinski definition) is 1. The molecule has 0 saturated carbocycles. The Balaban J connectivity index is 2.36. The Labute approximate surface area is 134 Å². The number of hydrogen-bond acceptors (Lipinski definition) is 5. The van der Waals surface area contributed by atoms with Crippen LogP contribution in [0.15, 0.2) is 39.1 Å². The summed E-state index contributed by atoms with van der Waals surface area (Å²) >= 11 is 7.49. The van der Waals surface area contributed by atoms with Gasteiger partial charge in [0.2, 0.25) is 0 Å². The fourth-order valence-electron chi connectivity index (χ4n) is 2.10. The van der Waals surface area contributed by atoms with Crippen molar-refractivity contribution in [1.82, 2.24) is 19.5 Å². The summed E-state index contributed by atoms with van der Waals surface area (Å²) in [5.74, 6) is 0. The molecule has 1 N–H and O–H groups in total. The van der Waals surface area contributed by atoms with Gasteiger partial charge in [0.15, 0.2) is 10.8 Å². The molecule has 0 bridgehead atoms. The molecule has 0 atom stereocenters. The molecule has 0 radical (unpaired) electrons. The summed E-state index contributed by atoms with van der Waals surface area (Å²) in [5.41, 5.74) is 0.390. The first-order valence-corrected chi connectivity index (χ1v) is 7.94. The third-order valence-corrected chi connectivity index (χ3v) is 4.02. The maximum Gasteiger partial charge on any atom is 0.334 e. The average molecular weight is 335 g/mol. The average Bonchev–Trinajstić information content (AvgIpc) is 2.48. The third-order valence-electron chi connectivity index (χ3n) is 3.16. The molecule has 2 heterocycles. The molecule has 8 heteroatoms. The highest BCUT2D eigenvalue weighted by Gasteiger charge is 2.13. The molecule has 0 aliphatic rings. The highest BCUT2D eigenvalue weighted by Crippen LogP contribution is 2.20. The molecule has 0 amide bonds. The van der Waals surface area contributed by atoms with Crippen LogP contribution in [0.3, 0.4) is 0 Å². The van der Waals surface area contributed by atoms with Crippen LogP contribution in [0.4, 0.5) is 0 Å². The van der Waals surface area contributed by atoms with Gasteiger partial charge in [0, 0.05) is 6.20 Å². The smallest absolute Gasteiger partial charge is 0.291 e. The van der Waals surface area contributed by atoms with Crippen molar-refractivity contribution < 1.29 is 0 Å². The van der Waals surface area contributed by atoms with Gasteiger partial charge in [0.25, 0.3) is 5.56 Å². The van der Waals surface area contributed by atoms with Gasteiger partial charge in [-0.15, -0.1) is 0 Å². The largest absolute Gasteiger partial charge is 0.334 e. The van der Waals surface area contributed by atoms with Gasteiger partial charge in [-0.2, -0.15) is 0 Å². The molecule has 3 rings (SSSR count). The van der Waals surface area contributed by atoms with Crippen LogP contribution in [-0.4, -0.2) is 25.8 Å². The number of thioether (sulfide) groups is 1. The van der Waals surface area contributed by atoms with Gasteiger partial charge < -0.3 is 0 Å². The summed E-state index contributed by atoms with van der Waals surface area (Å²) in [4.78, 5) is 35.7. The third kappa shape index (κ3) is 2.42. The van der Waals surface area contributed by atoms with Gasteiger partial charge in [0.1, 0.15) is 5.39 Å². The second-order valence-electron chi connectivity index (χ2n) is 4.64. The highest BCUT2D eigenvalue weighted by molar-refractivity contribution is 7.98. The van der Waals surface area contributed by atoms with Crippen molar-refractivity contribution in [1.29, 1.82) is 0 Å². The zero-order valence-electron chi connectivity index (χ0n) is 11.8. The number of aromatic nitrogens is 4. The van der Waals surface area contributed by atoms with E-state index >= 15 is 0 Å². The molecule has 0 unspecified atom stereocenters. The molecule has 1 aromatic carbocycles. The van der Waals surface area contributed by atoms with E-state index in [9.17, 15) is 9.59 Å². The SMILES string of the molecule is CSc1ncc2c(=O)n(-c3ccc(C)cc3Cl)c(=O)[nH]c2n1. The van der Waals surface area contributed by atoms with E-state index in [0.717, 1.165) is 10.1 Å². The van der Waals surface area contributed by atoms with Crippen LogP contribution in [0.5, 0.6) is 0 Å². The van der Waals surface area contributed by atoms with Crippen LogP contribution >= 0.6 is 23.4 Å². The Kier molecular flexibility index (Phi) is 3.76. The molecular formula is C14H11ClN4O2S. The first kappa shape index (κ1) is 14.8. The summed E-state index contributed by atoms with van der Waals surface area (Å²) in [6, 6.07) is 5.11. The molecular weight excluding hydrogens is 324 g/mol. The van der Waals surface area contributed by atoms with E-state index in [1.165, 1.54) is 18.0 Å². The molecule has 0 saturated heterocycles. The molecule has 6 nitrogen and oxygen atoms in total. The van der Waals surface area contributed by atoms with E-state index in [-0.39, 0.29) is 11.0 Å². The lowest BCUT2D eigenvalue weighted by Gasteiger charge is -2.08. The van der Waals surface area contributed by atoms with Crippen LogP contribution < -0.4 is 11.2 Å². The number of halogens is 1. The van der Waals surface area contributed by atoms with Gasteiger partial charge in [-0.3, -0.25) is 9.78 Å². The van der Waals surface area contributed by atoms with Crippen molar-refractivity contribution in [3.05, 3.63) is 55.8 Å². The molecule has 2 aromatic heterocycles. The molecule has 3 aromatic rings. The summed E-state index contributed by atoms with van der Waals surface area (Å²) in [6.45, 7) is 1.88. The number of H-pyrrole nitrogens is 1. The Bertz CT molecular complexity index is 996. The van der Waals surface area contributed by atoms with Crippen molar-refractivity contribution in [2.45, 2.75) is 12.1 Å². The van der Waals surface area contributed by atoms with Gasteiger partial charge >= 0.3 is 5.69 Å². The van der Waals surface area contributed by atoms with Crippen LogP contribution in [-0.2, 0) is 0 Å². The summed E-state index contributed by atoms with van der Waals surface area (Å²) in [7, 11) is 0. The summed E-state index contributed by atoms with van der Waals surface area (Å²) < 4.78 is 0.992. The lowest BCUT2D eigenvalue weighted by atomic mass is 10.2. The first-order valence-electron chi connectivity index (χ1n) is 6.34. The van der Waals surface area contributed by atoms with Crippen molar-refractivity contribution in [3.8, 4) is 5.69 Å². The zero-order chi connectivity index (χ0) is 15.9. The lowest BCUT2D eigenvalue weighted by molar-refractivity contribution is 0.877. The standard InChI is InChI=1S/C14H11ClN4O2S/c1-7-3-4-10(9(15)5-7)19-12(20)8-6-16-13(22-2)17-11(8)18-14(19)21/h3-6H,1-2H3,(H,16,17,18,21). The van der Waals surface area contributed by atoms with Gasteiger partial charge in [-0.05, 0) is 30.9 Å². The zero-order valence-corrected chi connectivity index (χ0v) is 13.3. The van der Waals surface area contributed by atoms with Crippen LogP contribution in [0, 0.1) is 6.92 Å². The normalized spacial score (nSPS) is 11.0. The number of nitrogens with one attached hydrogen (secondary N) is 1. The maximum absolute atomic E-state index is 12.6. The first-order chi connectivity index (χ1) is 10.5. The fraction of sp³-hybridized carbons (Fsp3) is 0.143.